The van der Waals surface area contributed by atoms with Gasteiger partial charge in [-0.25, -0.2) is 0 Å². The normalized spacial score (nSPS) is 35.7. The lowest BCUT2D eigenvalue weighted by molar-refractivity contribution is -0.143. The van der Waals surface area contributed by atoms with Crippen LogP contribution < -0.4 is 0 Å². The van der Waals surface area contributed by atoms with Crippen molar-refractivity contribution >= 4 is 5.97 Å². The first-order valence-corrected chi connectivity index (χ1v) is 6.81. The van der Waals surface area contributed by atoms with Crippen molar-refractivity contribution in [2.45, 2.75) is 57.0 Å². The molecular formula is C13H23NO3. The van der Waals surface area contributed by atoms with Crippen molar-refractivity contribution in [2.75, 3.05) is 13.2 Å². The molecule has 4 nitrogen and oxygen atoms in total. The lowest BCUT2D eigenvalue weighted by Gasteiger charge is -2.42. The van der Waals surface area contributed by atoms with E-state index in [0.717, 1.165) is 38.6 Å². The van der Waals surface area contributed by atoms with Gasteiger partial charge in [0.1, 0.15) is 0 Å². The summed E-state index contributed by atoms with van der Waals surface area (Å²) in [5.74, 6) is -0.774. The SMILES string of the molecule is O=C(O)C1CCC(N2CCCC[C@@H]2CO)CC1. The molecule has 0 bridgehead atoms. The van der Waals surface area contributed by atoms with Crippen LogP contribution in [0.3, 0.4) is 0 Å². The largest absolute Gasteiger partial charge is 0.481 e. The van der Waals surface area contributed by atoms with Crippen LogP contribution in [0.15, 0.2) is 0 Å². The number of likely N-dealkylation sites (tertiary alicyclic amines) is 1. The fraction of sp³-hybridized carbons (Fsp3) is 0.923. The fourth-order valence-corrected chi connectivity index (χ4v) is 3.35. The topological polar surface area (TPSA) is 60.8 Å². The minimum atomic E-state index is -0.638. The summed E-state index contributed by atoms with van der Waals surface area (Å²) in [4.78, 5) is 13.3. The molecule has 0 aromatic rings. The minimum Gasteiger partial charge on any atom is -0.481 e. The van der Waals surface area contributed by atoms with Gasteiger partial charge < -0.3 is 10.2 Å². The molecule has 0 aromatic carbocycles. The summed E-state index contributed by atoms with van der Waals surface area (Å²) < 4.78 is 0. The van der Waals surface area contributed by atoms with Gasteiger partial charge in [-0.15, -0.1) is 0 Å². The number of aliphatic hydroxyl groups excluding tert-OH is 1. The van der Waals surface area contributed by atoms with Crippen molar-refractivity contribution in [3.63, 3.8) is 0 Å². The molecule has 0 radical (unpaired) electrons. The van der Waals surface area contributed by atoms with Crippen LogP contribution in [0.1, 0.15) is 44.9 Å². The van der Waals surface area contributed by atoms with Gasteiger partial charge in [-0.1, -0.05) is 6.42 Å². The Bertz CT molecular complexity index is 261. The number of carboxylic acids is 1. The monoisotopic (exact) mass is 241 g/mol. The molecule has 2 rings (SSSR count). The smallest absolute Gasteiger partial charge is 0.306 e. The zero-order valence-electron chi connectivity index (χ0n) is 10.3. The highest BCUT2D eigenvalue weighted by Crippen LogP contribution is 2.31. The van der Waals surface area contributed by atoms with Crippen LogP contribution in [0.4, 0.5) is 0 Å². The average molecular weight is 241 g/mol. The number of aliphatic carboxylic acids is 1. The van der Waals surface area contributed by atoms with Crippen LogP contribution in [0, 0.1) is 5.92 Å². The molecule has 2 fully saturated rings. The average Bonchev–Trinajstić information content (AvgIpc) is 2.39. The number of aliphatic hydroxyl groups is 1. The molecule has 1 aliphatic heterocycles. The minimum absolute atomic E-state index is 0.136. The van der Waals surface area contributed by atoms with Gasteiger partial charge >= 0.3 is 5.97 Å². The van der Waals surface area contributed by atoms with Gasteiger partial charge in [0, 0.05) is 12.1 Å². The van der Waals surface area contributed by atoms with Gasteiger partial charge in [0.05, 0.1) is 12.5 Å². The van der Waals surface area contributed by atoms with Crippen molar-refractivity contribution in [1.29, 1.82) is 0 Å². The first-order chi connectivity index (χ1) is 8.22. The second-order valence-corrected chi connectivity index (χ2v) is 5.41. The van der Waals surface area contributed by atoms with Crippen LogP contribution in [-0.4, -0.2) is 46.3 Å². The quantitative estimate of drug-likeness (QED) is 0.785. The van der Waals surface area contributed by atoms with Crippen molar-refractivity contribution in [3.8, 4) is 0 Å². The molecule has 1 saturated carbocycles. The number of carbonyl (C=O) groups is 1. The van der Waals surface area contributed by atoms with Gasteiger partial charge in [-0.05, 0) is 45.1 Å². The van der Waals surface area contributed by atoms with Crippen LogP contribution in [0.5, 0.6) is 0 Å². The summed E-state index contributed by atoms with van der Waals surface area (Å²) in [6.07, 6.45) is 7.08. The molecule has 0 amide bonds. The van der Waals surface area contributed by atoms with Gasteiger partial charge in [0.15, 0.2) is 0 Å². The number of carboxylic acid groups (broad SMARTS) is 1. The molecular weight excluding hydrogens is 218 g/mol. The maximum absolute atomic E-state index is 10.9. The molecule has 1 saturated heterocycles. The molecule has 2 aliphatic rings. The summed E-state index contributed by atoms with van der Waals surface area (Å²) in [5, 5.41) is 18.4. The van der Waals surface area contributed by atoms with Gasteiger partial charge in [-0.3, -0.25) is 9.69 Å². The molecule has 1 aliphatic carbocycles. The molecule has 98 valence electrons. The van der Waals surface area contributed by atoms with Crippen molar-refractivity contribution in [1.82, 2.24) is 4.90 Å². The van der Waals surface area contributed by atoms with E-state index < -0.39 is 5.97 Å². The Labute approximate surface area is 103 Å². The number of nitrogens with zero attached hydrogens (tertiary/aromatic N) is 1. The van der Waals surface area contributed by atoms with E-state index in [2.05, 4.69) is 4.90 Å². The maximum Gasteiger partial charge on any atom is 0.306 e. The Morgan fingerprint density at radius 3 is 2.41 bits per heavy atom. The standard InChI is InChI=1S/C13H23NO3/c15-9-12-3-1-2-8-14(12)11-6-4-10(5-7-11)13(16)17/h10-12,15H,1-9H2,(H,16,17)/t10?,11?,12-/m1/s1. The van der Waals surface area contributed by atoms with E-state index in [-0.39, 0.29) is 12.5 Å². The van der Waals surface area contributed by atoms with Gasteiger partial charge in [-0.2, -0.15) is 0 Å². The van der Waals surface area contributed by atoms with Crippen LogP contribution >= 0.6 is 0 Å². The Morgan fingerprint density at radius 2 is 1.82 bits per heavy atom. The van der Waals surface area contributed by atoms with Crippen LogP contribution in [-0.2, 0) is 4.79 Å². The Kier molecular flexibility index (Phi) is 4.40. The molecule has 0 spiro atoms. The second kappa shape index (κ2) is 5.83. The molecule has 4 heteroatoms. The number of hydrogen-bond acceptors (Lipinski definition) is 3. The summed E-state index contributed by atoms with van der Waals surface area (Å²) in [5.41, 5.74) is 0. The summed E-state index contributed by atoms with van der Waals surface area (Å²) >= 11 is 0. The maximum atomic E-state index is 10.9. The highest BCUT2D eigenvalue weighted by molar-refractivity contribution is 5.70. The van der Waals surface area contributed by atoms with Crippen molar-refractivity contribution in [3.05, 3.63) is 0 Å². The molecule has 1 heterocycles. The molecule has 0 aromatic heterocycles. The summed E-state index contributed by atoms with van der Waals surface area (Å²) in [6.45, 7) is 1.33. The van der Waals surface area contributed by atoms with E-state index in [1.165, 1.54) is 12.8 Å². The van der Waals surface area contributed by atoms with Crippen LogP contribution in [0.2, 0.25) is 0 Å². The number of rotatable bonds is 3. The number of piperidine rings is 1. The molecule has 17 heavy (non-hydrogen) atoms. The van der Waals surface area contributed by atoms with E-state index in [4.69, 9.17) is 5.11 Å². The highest BCUT2D eigenvalue weighted by atomic mass is 16.4. The Morgan fingerprint density at radius 1 is 1.12 bits per heavy atom. The van der Waals surface area contributed by atoms with E-state index >= 15 is 0 Å². The predicted octanol–water partition coefficient (Wildman–Crippen LogP) is 1.48. The zero-order chi connectivity index (χ0) is 12.3. The Balaban J connectivity index is 1.88. The molecule has 1 atom stereocenters. The van der Waals surface area contributed by atoms with Crippen molar-refractivity contribution < 1.29 is 15.0 Å². The van der Waals surface area contributed by atoms with Gasteiger partial charge in [0.2, 0.25) is 0 Å². The predicted molar refractivity (Wildman–Crippen MR) is 64.8 cm³/mol. The summed E-state index contributed by atoms with van der Waals surface area (Å²) in [7, 11) is 0. The first kappa shape index (κ1) is 12.8. The van der Waals surface area contributed by atoms with E-state index in [1.54, 1.807) is 0 Å². The van der Waals surface area contributed by atoms with E-state index in [1.807, 2.05) is 0 Å². The molecule has 2 N–H and O–H groups in total. The Hall–Kier alpha value is -0.610. The summed E-state index contributed by atoms with van der Waals surface area (Å²) in [6, 6.07) is 0.818. The van der Waals surface area contributed by atoms with Gasteiger partial charge in [0.25, 0.3) is 0 Å². The first-order valence-electron chi connectivity index (χ1n) is 6.81. The highest BCUT2D eigenvalue weighted by Gasteiger charge is 2.33. The molecule has 0 unspecified atom stereocenters. The van der Waals surface area contributed by atoms with E-state index in [9.17, 15) is 9.90 Å². The third kappa shape index (κ3) is 2.99. The second-order valence-electron chi connectivity index (χ2n) is 5.41. The van der Waals surface area contributed by atoms with E-state index in [0.29, 0.717) is 12.1 Å². The third-order valence-electron chi connectivity index (χ3n) is 4.40. The lowest BCUT2D eigenvalue weighted by atomic mass is 9.84. The number of hydrogen-bond donors (Lipinski definition) is 2. The zero-order valence-corrected chi connectivity index (χ0v) is 10.3. The third-order valence-corrected chi connectivity index (χ3v) is 4.40. The van der Waals surface area contributed by atoms with Crippen LogP contribution in [0.25, 0.3) is 0 Å². The van der Waals surface area contributed by atoms with Crippen molar-refractivity contribution in [2.24, 2.45) is 5.92 Å². The lowest BCUT2D eigenvalue weighted by Crippen LogP contribution is -2.49. The fourth-order valence-electron chi connectivity index (χ4n) is 3.35.